The molecule has 0 aliphatic carbocycles. The number of hydrogen-bond donors (Lipinski definition) is 2. The van der Waals surface area contributed by atoms with Gasteiger partial charge in [0.15, 0.2) is 0 Å². The summed E-state index contributed by atoms with van der Waals surface area (Å²) in [5.41, 5.74) is 4.61. The minimum Gasteiger partial charge on any atom is -0.381 e. The van der Waals surface area contributed by atoms with Crippen molar-refractivity contribution in [2.45, 2.75) is 13.5 Å². The van der Waals surface area contributed by atoms with E-state index in [9.17, 15) is 0 Å². The zero-order valence-electron chi connectivity index (χ0n) is 11.0. The number of rotatable bonds is 4. The number of anilines is 1. The molecule has 0 atom stereocenters. The maximum Gasteiger partial charge on any atom is 0.0799 e. The summed E-state index contributed by atoms with van der Waals surface area (Å²) in [7, 11) is 0. The lowest BCUT2D eigenvalue weighted by Crippen LogP contribution is -1.99. The molecule has 0 aliphatic heterocycles. The van der Waals surface area contributed by atoms with E-state index in [-0.39, 0.29) is 0 Å². The van der Waals surface area contributed by atoms with Crippen molar-refractivity contribution in [3.8, 4) is 10.6 Å². The van der Waals surface area contributed by atoms with Crippen molar-refractivity contribution < 1.29 is 0 Å². The molecule has 3 rings (SSSR count). The second-order valence-corrected chi connectivity index (χ2v) is 6.37. The van der Waals surface area contributed by atoms with Crippen LogP contribution in [0.15, 0.2) is 46.4 Å². The Hall–Kier alpha value is -1.59. The molecule has 1 aromatic carbocycles. The van der Waals surface area contributed by atoms with Crippen molar-refractivity contribution in [3.05, 3.63) is 57.5 Å². The summed E-state index contributed by atoms with van der Waals surface area (Å²) in [5, 5.41) is 12.8. The Morgan fingerprint density at radius 3 is 3.00 bits per heavy atom. The lowest BCUT2D eigenvalue weighted by atomic mass is 10.2. The predicted molar refractivity (Wildman–Crippen MR) is 88.1 cm³/mol. The first-order chi connectivity index (χ1) is 9.74. The minimum atomic E-state index is 0.755. The van der Waals surface area contributed by atoms with Crippen LogP contribution in [0.4, 0.5) is 5.69 Å². The second-order valence-electron chi connectivity index (χ2n) is 4.57. The van der Waals surface area contributed by atoms with Crippen LogP contribution in [0.25, 0.3) is 10.6 Å². The summed E-state index contributed by atoms with van der Waals surface area (Å²) in [6.45, 7) is 2.84. The molecule has 3 aromatic rings. The van der Waals surface area contributed by atoms with Gasteiger partial charge < -0.3 is 5.32 Å². The highest BCUT2D eigenvalue weighted by Gasteiger charge is 2.08. The first-order valence-corrected chi connectivity index (χ1v) is 7.97. The molecule has 2 heterocycles. The summed E-state index contributed by atoms with van der Waals surface area (Å²) in [5.74, 6) is 0. The highest BCUT2D eigenvalue weighted by Crippen LogP contribution is 2.26. The molecular weight excluding hydrogens is 334 g/mol. The van der Waals surface area contributed by atoms with E-state index in [0.717, 1.165) is 22.4 Å². The number of aromatic nitrogens is 2. The average Bonchev–Trinajstić information content (AvgIpc) is 3.09. The molecule has 0 amide bonds. The fraction of sp³-hybridized carbons (Fsp3) is 0.133. The van der Waals surface area contributed by atoms with Crippen LogP contribution >= 0.6 is 27.3 Å². The van der Waals surface area contributed by atoms with E-state index in [1.807, 2.05) is 6.20 Å². The van der Waals surface area contributed by atoms with Crippen molar-refractivity contribution >= 4 is 33.0 Å². The van der Waals surface area contributed by atoms with Crippen LogP contribution in [0, 0.1) is 6.92 Å². The fourth-order valence-electron chi connectivity index (χ4n) is 2.03. The Bertz CT molecular complexity index is 704. The summed E-state index contributed by atoms with van der Waals surface area (Å²) < 4.78 is 1.13. The molecule has 5 heteroatoms. The van der Waals surface area contributed by atoms with Crippen molar-refractivity contribution in [3.63, 3.8) is 0 Å². The molecule has 20 heavy (non-hydrogen) atoms. The quantitative estimate of drug-likeness (QED) is 0.710. The first kappa shape index (κ1) is 13.4. The number of nitrogens with one attached hydrogen (secondary N) is 2. The minimum absolute atomic E-state index is 0.755. The third kappa shape index (κ3) is 2.78. The van der Waals surface area contributed by atoms with E-state index in [2.05, 4.69) is 74.1 Å². The Labute approximate surface area is 130 Å². The summed E-state index contributed by atoms with van der Waals surface area (Å²) in [4.78, 5) is 1.21. The van der Waals surface area contributed by atoms with Gasteiger partial charge in [-0.1, -0.05) is 22.0 Å². The van der Waals surface area contributed by atoms with Gasteiger partial charge in [0.1, 0.15) is 0 Å². The van der Waals surface area contributed by atoms with Crippen molar-refractivity contribution in [1.29, 1.82) is 0 Å². The maximum absolute atomic E-state index is 4.16. The number of H-pyrrole nitrogens is 1. The maximum atomic E-state index is 4.16. The normalized spacial score (nSPS) is 10.7. The van der Waals surface area contributed by atoms with E-state index < -0.39 is 0 Å². The van der Waals surface area contributed by atoms with E-state index in [1.165, 1.54) is 16.0 Å². The second kappa shape index (κ2) is 5.81. The van der Waals surface area contributed by atoms with Gasteiger partial charge in [0, 0.05) is 22.3 Å². The lowest BCUT2D eigenvalue weighted by molar-refractivity contribution is 1.10. The van der Waals surface area contributed by atoms with Crippen LogP contribution in [0.2, 0.25) is 0 Å². The van der Waals surface area contributed by atoms with Gasteiger partial charge in [0.05, 0.1) is 16.8 Å². The van der Waals surface area contributed by atoms with Crippen LogP contribution in [0.3, 0.4) is 0 Å². The van der Waals surface area contributed by atoms with Crippen LogP contribution in [0.1, 0.15) is 11.1 Å². The van der Waals surface area contributed by atoms with Gasteiger partial charge in [0.2, 0.25) is 0 Å². The zero-order chi connectivity index (χ0) is 13.9. The van der Waals surface area contributed by atoms with Gasteiger partial charge >= 0.3 is 0 Å². The fourth-order valence-corrected chi connectivity index (χ4v) is 3.03. The standard InChI is InChI=1S/C15H14BrN3S/c1-10-7-12(4-5-13(10)16)17-8-11-9-18-19-15(11)14-3-2-6-20-14/h2-7,9,17H,8H2,1H3,(H,18,19). The van der Waals surface area contributed by atoms with Gasteiger partial charge in [-0.05, 0) is 42.1 Å². The molecule has 0 saturated heterocycles. The van der Waals surface area contributed by atoms with Crippen molar-refractivity contribution in [2.75, 3.05) is 5.32 Å². The third-order valence-electron chi connectivity index (χ3n) is 3.13. The van der Waals surface area contributed by atoms with Crippen molar-refractivity contribution in [2.24, 2.45) is 0 Å². The Kier molecular flexibility index (Phi) is 3.89. The molecule has 0 bridgehead atoms. The molecule has 2 N–H and O–H groups in total. The van der Waals surface area contributed by atoms with Crippen molar-refractivity contribution in [1.82, 2.24) is 10.2 Å². The molecule has 0 aliphatic rings. The summed E-state index contributed by atoms with van der Waals surface area (Å²) in [6, 6.07) is 10.4. The van der Waals surface area contributed by atoms with Crippen LogP contribution < -0.4 is 5.32 Å². The molecule has 2 aromatic heterocycles. The van der Waals surface area contributed by atoms with E-state index >= 15 is 0 Å². The monoisotopic (exact) mass is 347 g/mol. The van der Waals surface area contributed by atoms with Crippen LogP contribution in [-0.4, -0.2) is 10.2 Å². The van der Waals surface area contributed by atoms with Gasteiger partial charge in [-0.2, -0.15) is 5.10 Å². The number of halogens is 1. The zero-order valence-corrected chi connectivity index (χ0v) is 13.4. The number of benzene rings is 1. The van der Waals surface area contributed by atoms with Gasteiger partial charge in [-0.25, -0.2) is 0 Å². The number of aryl methyl sites for hydroxylation is 1. The Morgan fingerprint density at radius 1 is 1.35 bits per heavy atom. The molecule has 102 valence electrons. The van der Waals surface area contributed by atoms with Crippen LogP contribution in [0.5, 0.6) is 0 Å². The average molecular weight is 348 g/mol. The van der Waals surface area contributed by atoms with E-state index in [4.69, 9.17) is 0 Å². The van der Waals surface area contributed by atoms with Gasteiger partial charge in [0.25, 0.3) is 0 Å². The molecular formula is C15H14BrN3S. The number of thiophene rings is 1. The van der Waals surface area contributed by atoms with E-state index in [0.29, 0.717) is 0 Å². The Balaban J connectivity index is 1.76. The smallest absolute Gasteiger partial charge is 0.0799 e. The molecule has 3 nitrogen and oxygen atoms in total. The summed E-state index contributed by atoms with van der Waals surface area (Å²) in [6.07, 6.45) is 1.88. The van der Waals surface area contributed by atoms with E-state index in [1.54, 1.807) is 11.3 Å². The number of aromatic amines is 1. The topological polar surface area (TPSA) is 40.7 Å². The predicted octanol–water partition coefficient (Wildman–Crippen LogP) is 4.82. The summed E-state index contributed by atoms with van der Waals surface area (Å²) >= 11 is 5.23. The molecule has 0 unspecified atom stereocenters. The highest BCUT2D eigenvalue weighted by molar-refractivity contribution is 9.10. The van der Waals surface area contributed by atoms with Gasteiger partial charge in [-0.15, -0.1) is 11.3 Å². The first-order valence-electron chi connectivity index (χ1n) is 6.30. The SMILES string of the molecule is Cc1cc(NCc2cn[nH]c2-c2cccs2)ccc1Br. The Morgan fingerprint density at radius 2 is 2.25 bits per heavy atom. The molecule has 0 radical (unpaired) electrons. The van der Waals surface area contributed by atoms with Crippen LogP contribution in [-0.2, 0) is 6.54 Å². The third-order valence-corrected chi connectivity index (χ3v) is 4.90. The highest BCUT2D eigenvalue weighted by atomic mass is 79.9. The molecule has 0 spiro atoms. The molecule has 0 fully saturated rings. The molecule has 0 saturated carbocycles. The van der Waals surface area contributed by atoms with Gasteiger partial charge in [-0.3, -0.25) is 5.10 Å². The lowest BCUT2D eigenvalue weighted by Gasteiger charge is -2.08. The largest absolute Gasteiger partial charge is 0.381 e. The number of nitrogens with zero attached hydrogens (tertiary/aromatic N) is 1. The number of hydrogen-bond acceptors (Lipinski definition) is 3.